The summed E-state index contributed by atoms with van der Waals surface area (Å²) in [6.45, 7) is 2.76. The van der Waals surface area contributed by atoms with Crippen LogP contribution in [0.1, 0.15) is 35.6 Å². The van der Waals surface area contributed by atoms with Gasteiger partial charge in [0.25, 0.3) is 0 Å². The normalized spacial score (nSPS) is 15.0. The van der Waals surface area contributed by atoms with Gasteiger partial charge in [-0.2, -0.15) is 5.10 Å². The van der Waals surface area contributed by atoms with Gasteiger partial charge in [0.2, 0.25) is 0 Å². The van der Waals surface area contributed by atoms with Gasteiger partial charge in [0, 0.05) is 0 Å². The zero-order valence-corrected chi connectivity index (χ0v) is 12.5. The fraction of sp³-hybridized carbons (Fsp3) is 0.357. The van der Waals surface area contributed by atoms with E-state index in [0.717, 1.165) is 27.5 Å². The van der Waals surface area contributed by atoms with Crippen LogP contribution in [0.25, 0.3) is 0 Å². The van der Waals surface area contributed by atoms with Gasteiger partial charge >= 0.3 is 0 Å². The Labute approximate surface area is 121 Å². The highest BCUT2D eigenvalue weighted by Crippen LogP contribution is 2.40. The molecule has 0 atom stereocenters. The summed E-state index contributed by atoms with van der Waals surface area (Å²) in [6.07, 6.45) is 2.68. The van der Waals surface area contributed by atoms with Crippen LogP contribution in [0.3, 0.4) is 0 Å². The highest BCUT2D eigenvalue weighted by Gasteiger charge is 2.23. The van der Waals surface area contributed by atoms with Crippen LogP contribution in [0, 0.1) is 10.5 Å². The van der Waals surface area contributed by atoms with Crippen molar-refractivity contribution < 1.29 is 0 Å². The maximum atomic E-state index is 6.05. The first-order valence-electron chi connectivity index (χ1n) is 6.22. The van der Waals surface area contributed by atoms with Crippen LogP contribution in [0.4, 0.5) is 5.82 Å². The molecule has 1 aliphatic carbocycles. The molecule has 1 fully saturated rings. The third-order valence-electron chi connectivity index (χ3n) is 3.42. The molecule has 4 heteroatoms. The number of nitrogens with zero attached hydrogens (tertiary/aromatic N) is 2. The molecule has 0 bridgehead atoms. The van der Waals surface area contributed by atoms with Crippen molar-refractivity contribution in [2.75, 3.05) is 5.73 Å². The van der Waals surface area contributed by atoms with Gasteiger partial charge in [0.05, 0.1) is 15.8 Å². The number of nitrogens with two attached hydrogens (primary N) is 1. The van der Waals surface area contributed by atoms with Gasteiger partial charge in [-0.05, 0) is 59.4 Å². The highest BCUT2D eigenvalue weighted by atomic mass is 127. The second-order valence-corrected chi connectivity index (χ2v) is 6.04. The molecule has 94 valence electrons. The maximum Gasteiger partial charge on any atom is 0.135 e. The van der Waals surface area contributed by atoms with E-state index >= 15 is 0 Å². The standard InChI is InChI=1S/C14H16IN3/c1-9-13(15)14(16)18(17-9)8-10-3-2-4-12(7-10)11-5-6-11/h2-4,7,11H,5-6,8,16H2,1H3. The molecule has 0 saturated heterocycles. The first kappa shape index (κ1) is 12.0. The molecule has 3 nitrogen and oxygen atoms in total. The van der Waals surface area contributed by atoms with E-state index in [9.17, 15) is 0 Å². The average Bonchev–Trinajstić information content (AvgIpc) is 3.17. The van der Waals surface area contributed by atoms with E-state index in [2.05, 4.69) is 52.0 Å². The zero-order valence-electron chi connectivity index (χ0n) is 10.4. The Hall–Kier alpha value is -1.04. The summed E-state index contributed by atoms with van der Waals surface area (Å²) < 4.78 is 2.95. The fourth-order valence-electron chi connectivity index (χ4n) is 2.23. The van der Waals surface area contributed by atoms with Gasteiger partial charge in [-0.25, -0.2) is 4.68 Å². The van der Waals surface area contributed by atoms with Crippen molar-refractivity contribution in [2.45, 2.75) is 32.2 Å². The molecule has 18 heavy (non-hydrogen) atoms. The molecule has 1 aliphatic rings. The lowest BCUT2D eigenvalue weighted by Gasteiger charge is -2.06. The smallest absolute Gasteiger partial charge is 0.135 e. The van der Waals surface area contributed by atoms with E-state index in [1.54, 1.807) is 0 Å². The molecule has 0 aliphatic heterocycles. The average molecular weight is 353 g/mol. The number of hydrogen-bond donors (Lipinski definition) is 1. The third-order valence-corrected chi connectivity index (χ3v) is 4.76. The lowest BCUT2D eigenvalue weighted by molar-refractivity contribution is 0.688. The zero-order chi connectivity index (χ0) is 12.7. The Kier molecular flexibility index (Phi) is 3.05. The largest absolute Gasteiger partial charge is 0.383 e. The number of aryl methyl sites for hydroxylation is 1. The summed E-state index contributed by atoms with van der Waals surface area (Å²) in [5.74, 6) is 1.56. The van der Waals surface area contributed by atoms with Crippen molar-refractivity contribution in [2.24, 2.45) is 0 Å². The van der Waals surface area contributed by atoms with E-state index in [1.165, 1.54) is 24.0 Å². The maximum absolute atomic E-state index is 6.05. The third kappa shape index (κ3) is 2.25. The van der Waals surface area contributed by atoms with E-state index in [0.29, 0.717) is 0 Å². The van der Waals surface area contributed by atoms with Crippen LogP contribution >= 0.6 is 22.6 Å². The molecule has 1 heterocycles. The molecule has 0 unspecified atom stereocenters. The molecule has 3 rings (SSSR count). The van der Waals surface area contributed by atoms with Crippen LogP contribution in [0.2, 0.25) is 0 Å². The lowest BCUT2D eigenvalue weighted by atomic mass is 10.1. The van der Waals surface area contributed by atoms with Gasteiger partial charge in [-0.3, -0.25) is 0 Å². The van der Waals surface area contributed by atoms with Crippen molar-refractivity contribution in [1.29, 1.82) is 0 Å². The van der Waals surface area contributed by atoms with Crippen LogP contribution < -0.4 is 5.73 Å². The van der Waals surface area contributed by atoms with Crippen molar-refractivity contribution in [3.63, 3.8) is 0 Å². The number of aromatic nitrogens is 2. The predicted molar refractivity (Wildman–Crippen MR) is 81.6 cm³/mol. The molecule has 0 radical (unpaired) electrons. The van der Waals surface area contributed by atoms with E-state index in [1.807, 2.05) is 11.6 Å². The molecule has 1 aromatic carbocycles. The highest BCUT2D eigenvalue weighted by molar-refractivity contribution is 14.1. The number of nitrogen functional groups attached to an aromatic ring is 1. The summed E-state index contributed by atoms with van der Waals surface area (Å²) >= 11 is 2.25. The number of rotatable bonds is 3. The molecule has 1 saturated carbocycles. The van der Waals surface area contributed by atoms with Crippen LogP contribution in [-0.2, 0) is 6.54 Å². The number of hydrogen-bond acceptors (Lipinski definition) is 2. The van der Waals surface area contributed by atoms with Crippen molar-refractivity contribution in [3.8, 4) is 0 Å². The van der Waals surface area contributed by atoms with E-state index in [4.69, 9.17) is 5.73 Å². The van der Waals surface area contributed by atoms with Crippen LogP contribution in [-0.4, -0.2) is 9.78 Å². The monoisotopic (exact) mass is 353 g/mol. The Balaban J connectivity index is 1.87. The van der Waals surface area contributed by atoms with E-state index < -0.39 is 0 Å². The summed E-state index contributed by atoms with van der Waals surface area (Å²) in [5.41, 5.74) is 9.81. The van der Waals surface area contributed by atoms with E-state index in [-0.39, 0.29) is 0 Å². The molecule has 0 amide bonds. The molecule has 1 aromatic heterocycles. The fourth-order valence-corrected chi connectivity index (χ4v) is 2.62. The molecule has 2 aromatic rings. The molecule has 2 N–H and O–H groups in total. The van der Waals surface area contributed by atoms with Crippen molar-refractivity contribution in [3.05, 3.63) is 44.7 Å². The Morgan fingerprint density at radius 3 is 2.83 bits per heavy atom. The predicted octanol–water partition coefficient (Wildman–Crippen LogP) is 3.30. The summed E-state index contributed by atoms with van der Waals surface area (Å²) in [5, 5.41) is 4.48. The van der Waals surface area contributed by atoms with Crippen LogP contribution in [0.5, 0.6) is 0 Å². The Morgan fingerprint density at radius 2 is 2.22 bits per heavy atom. The first-order chi connectivity index (χ1) is 8.65. The van der Waals surface area contributed by atoms with Gasteiger partial charge in [-0.15, -0.1) is 0 Å². The minimum absolute atomic E-state index is 0.760. The lowest BCUT2D eigenvalue weighted by Crippen LogP contribution is -2.06. The minimum atomic E-state index is 0.760. The Morgan fingerprint density at radius 1 is 1.44 bits per heavy atom. The SMILES string of the molecule is Cc1nn(Cc2cccc(C3CC3)c2)c(N)c1I. The topological polar surface area (TPSA) is 43.8 Å². The number of anilines is 1. The number of halogens is 1. The summed E-state index contributed by atoms with van der Waals surface area (Å²) in [6, 6.07) is 8.80. The summed E-state index contributed by atoms with van der Waals surface area (Å²) in [7, 11) is 0. The van der Waals surface area contributed by atoms with Gasteiger partial charge in [0.1, 0.15) is 5.82 Å². The minimum Gasteiger partial charge on any atom is -0.383 e. The summed E-state index contributed by atoms with van der Waals surface area (Å²) in [4.78, 5) is 0. The van der Waals surface area contributed by atoms with Crippen LogP contribution in [0.15, 0.2) is 24.3 Å². The second kappa shape index (κ2) is 4.57. The molecular weight excluding hydrogens is 337 g/mol. The van der Waals surface area contributed by atoms with Crippen molar-refractivity contribution >= 4 is 28.4 Å². The second-order valence-electron chi connectivity index (χ2n) is 4.96. The quantitative estimate of drug-likeness (QED) is 0.861. The van der Waals surface area contributed by atoms with Gasteiger partial charge < -0.3 is 5.73 Å². The van der Waals surface area contributed by atoms with Crippen molar-refractivity contribution in [1.82, 2.24) is 9.78 Å². The molecule has 0 spiro atoms. The first-order valence-corrected chi connectivity index (χ1v) is 7.30. The van der Waals surface area contributed by atoms with Gasteiger partial charge in [-0.1, -0.05) is 24.3 Å². The van der Waals surface area contributed by atoms with Gasteiger partial charge in [0.15, 0.2) is 0 Å². The Bertz CT molecular complexity index is 585. The molecular formula is C14H16IN3. The number of benzene rings is 1.